The van der Waals surface area contributed by atoms with E-state index in [9.17, 15) is 14.7 Å². The Balaban J connectivity index is 3.25. The Morgan fingerprint density at radius 3 is 1.96 bits per heavy atom. The van der Waals surface area contributed by atoms with E-state index in [0.717, 1.165) is 0 Å². The normalized spacial score (nSPS) is 15.0. The molecule has 1 rings (SSSR count). The van der Waals surface area contributed by atoms with Crippen molar-refractivity contribution >= 4 is 20.4 Å². The van der Waals surface area contributed by atoms with Crippen molar-refractivity contribution in [3.8, 4) is 0 Å². The molecule has 7 heteroatoms. The van der Waals surface area contributed by atoms with Crippen LogP contribution in [0.3, 0.4) is 0 Å². The fourth-order valence-electron chi connectivity index (χ4n) is 2.18. The van der Waals surface area contributed by atoms with Gasteiger partial charge in [0.1, 0.15) is 5.60 Å². The summed E-state index contributed by atoms with van der Waals surface area (Å²) in [5, 5.41) is 12.4. The Morgan fingerprint density at radius 1 is 1.04 bits per heavy atom. The molecule has 0 saturated carbocycles. The Bertz CT molecular complexity index is 647. The second kappa shape index (κ2) is 8.44. The first kappa shape index (κ1) is 23.2. The van der Waals surface area contributed by atoms with Crippen LogP contribution in [-0.2, 0) is 14.0 Å². The molecule has 0 unspecified atom stereocenters. The van der Waals surface area contributed by atoms with Gasteiger partial charge in [-0.3, -0.25) is 0 Å². The number of nitrogens with one attached hydrogen (secondary N) is 1. The highest BCUT2D eigenvalue weighted by Crippen LogP contribution is 2.39. The highest BCUT2D eigenvalue weighted by Gasteiger charge is 2.44. The topological polar surface area (TPSA) is 84.9 Å². The molecule has 1 amide bonds. The number of carbonyl (C=O) groups is 2. The number of alkyl carbamates (subject to hydrolysis) is 1. The van der Waals surface area contributed by atoms with Crippen LogP contribution >= 0.6 is 0 Å². The van der Waals surface area contributed by atoms with E-state index in [-0.39, 0.29) is 5.04 Å². The van der Waals surface area contributed by atoms with Gasteiger partial charge in [0.25, 0.3) is 0 Å². The van der Waals surface area contributed by atoms with Crippen LogP contribution in [0.1, 0.15) is 53.1 Å². The number of hydrogen-bond donors (Lipinski definition) is 2. The maximum Gasteiger partial charge on any atom is 0.408 e. The Morgan fingerprint density at radius 2 is 1.56 bits per heavy atom. The van der Waals surface area contributed by atoms with E-state index < -0.39 is 38.1 Å². The lowest BCUT2D eigenvalue weighted by molar-refractivity contribution is -0.147. The van der Waals surface area contributed by atoms with Gasteiger partial charge in [-0.05, 0) is 44.5 Å². The third kappa shape index (κ3) is 6.99. The zero-order valence-electron chi connectivity index (χ0n) is 17.6. The Labute approximate surface area is 163 Å². The first-order chi connectivity index (χ1) is 12.1. The van der Waals surface area contributed by atoms with E-state index in [4.69, 9.17) is 9.16 Å². The number of carboxylic acids is 1. The molecule has 0 radical (unpaired) electrons. The number of rotatable bonds is 6. The minimum absolute atomic E-state index is 0.173. The number of amides is 1. The molecule has 0 bridgehead atoms. The standard InChI is InChI=1S/C20H33NO5Si/c1-19(2,3)25-18(24)21-15(14-12-10-9-11-13-14)16(17(22)23)26-27(7,8)20(4,5)6/h9-13,15-16H,1-8H3,(H,21,24)(H,22,23)/t15-,16+/m0/s1. The number of carbonyl (C=O) groups excluding carboxylic acids is 1. The van der Waals surface area contributed by atoms with Gasteiger partial charge in [0.05, 0.1) is 6.04 Å². The predicted molar refractivity (Wildman–Crippen MR) is 108 cm³/mol. The number of hydrogen-bond acceptors (Lipinski definition) is 4. The van der Waals surface area contributed by atoms with Gasteiger partial charge in [0.2, 0.25) is 0 Å². The van der Waals surface area contributed by atoms with E-state index >= 15 is 0 Å². The minimum Gasteiger partial charge on any atom is -0.479 e. The van der Waals surface area contributed by atoms with Crippen LogP contribution in [0.2, 0.25) is 18.1 Å². The molecule has 0 aliphatic carbocycles. The van der Waals surface area contributed by atoms with Crippen molar-refractivity contribution < 1.29 is 23.9 Å². The molecule has 0 aliphatic rings. The van der Waals surface area contributed by atoms with Crippen molar-refractivity contribution in [1.82, 2.24) is 5.32 Å². The summed E-state index contributed by atoms with van der Waals surface area (Å²) < 4.78 is 11.5. The highest BCUT2D eigenvalue weighted by atomic mass is 28.4. The maximum atomic E-state index is 12.4. The van der Waals surface area contributed by atoms with Crippen LogP contribution in [0.15, 0.2) is 30.3 Å². The first-order valence-electron chi connectivity index (χ1n) is 9.09. The molecule has 0 heterocycles. The Hall–Kier alpha value is -1.86. The summed E-state index contributed by atoms with van der Waals surface area (Å²) in [6.07, 6.45) is -1.90. The molecule has 1 aromatic carbocycles. The number of aliphatic carboxylic acids is 1. The lowest BCUT2D eigenvalue weighted by atomic mass is 10.0. The second-order valence-corrected chi connectivity index (χ2v) is 13.9. The number of carboxylic acid groups (broad SMARTS) is 1. The summed E-state index contributed by atoms with van der Waals surface area (Å²) in [6, 6.07) is 8.10. The van der Waals surface area contributed by atoms with Crippen LogP contribution in [0.25, 0.3) is 0 Å². The largest absolute Gasteiger partial charge is 0.479 e. The molecule has 0 saturated heterocycles. The van der Waals surface area contributed by atoms with E-state index in [0.29, 0.717) is 5.56 Å². The van der Waals surface area contributed by atoms with Crippen LogP contribution in [0.5, 0.6) is 0 Å². The SMILES string of the molecule is CC(C)(C)OC(=O)N[C@@H](c1ccccc1)[C@@H](O[Si](C)(C)C(C)(C)C)C(=O)O. The molecule has 6 nitrogen and oxygen atoms in total. The van der Waals surface area contributed by atoms with Crippen molar-refractivity contribution in [3.05, 3.63) is 35.9 Å². The molecular formula is C20H33NO5Si. The average Bonchev–Trinajstić information content (AvgIpc) is 2.48. The van der Waals surface area contributed by atoms with E-state index in [1.807, 2.05) is 39.9 Å². The first-order valence-corrected chi connectivity index (χ1v) is 12.0. The highest BCUT2D eigenvalue weighted by molar-refractivity contribution is 6.74. The molecule has 1 aromatic rings. The molecule has 0 spiro atoms. The lowest BCUT2D eigenvalue weighted by Crippen LogP contribution is -2.51. The molecule has 152 valence electrons. The molecule has 0 aliphatic heterocycles. The van der Waals surface area contributed by atoms with Crippen LogP contribution in [0, 0.1) is 0 Å². The van der Waals surface area contributed by atoms with Crippen LogP contribution in [-0.4, -0.2) is 37.2 Å². The molecule has 0 aromatic heterocycles. The number of benzene rings is 1. The summed E-state index contributed by atoms with van der Waals surface area (Å²) in [5.41, 5.74) is -0.0425. The summed E-state index contributed by atoms with van der Waals surface area (Å²) >= 11 is 0. The maximum absolute atomic E-state index is 12.4. The molecule has 0 fully saturated rings. The van der Waals surface area contributed by atoms with Crippen LogP contribution in [0.4, 0.5) is 4.79 Å². The van der Waals surface area contributed by atoms with Crippen molar-refractivity contribution in [3.63, 3.8) is 0 Å². The molecular weight excluding hydrogens is 362 g/mol. The fourth-order valence-corrected chi connectivity index (χ4v) is 3.41. The minimum atomic E-state index is -2.40. The van der Waals surface area contributed by atoms with Gasteiger partial charge in [0.15, 0.2) is 14.4 Å². The quantitative estimate of drug-likeness (QED) is 0.680. The lowest BCUT2D eigenvalue weighted by Gasteiger charge is -2.40. The van der Waals surface area contributed by atoms with Crippen LogP contribution < -0.4 is 5.32 Å². The van der Waals surface area contributed by atoms with E-state index in [2.05, 4.69) is 5.32 Å². The van der Waals surface area contributed by atoms with Crippen molar-refractivity contribution in [2.75, 3.05) is 0 Å². The van der Waals surface area contributed by atoms with Gasteiger partial charge in [-0.25, -0.2) is 9.59 Å². The van der Waals surface area contributed by atoms with Gasteiger partial charge in [-0.1, -0.05) is 51.1 Å². The number of ether oxygens (including phenoxy) is 1. The summed E-state index contributed by atoms with van der Waals surface area (Å²) in [4.78, 5) is 24.5. The fraction of sp³-hybridized carbons (Fsp3) is 0.600. The van der Waals surface area contributed by atoms with Gasteiger partial charge in [-0.15, -0.1) is 0 Å². The van der Waals surface area contributed by atoms with E-state index in [1.54, 1.807) is 45.0 Å². The van der Waals surface area contributed by atoms with Gasteiger partial charge >= 0.3 is 12.1 Å². The van der Waals surface area contributed by atoms with Crippen molar-refractivity contribution in [2.45, 2.75) is 77.4 Å². The summed E-state index contributed by atoms with van der Waals surface area (Å²) in [7, 11) is -2.40. The average molecular weight is 396 g/mol. The molecule has 2 atom stereocenters. The zero-order chi connectivity index (χ0) is 21.0. The third-order valence-corrected chi connectivity index (χ3v) is 9.06. The van der Waals surface area contributed by atoms with Gasteiger partial charge < -0.3 is 19.6 Å². The van der Waals surface area contributed by atoms with Gasteiger partial charge in [-0.2, -0.15) is 0 Å². The molecule has 27 heavy (non-hydrogen) atoms. The van der Waals surface area contributed by atoms with Crippen molar-refractivity contribution in [1.29, 1.82) is 0 Å². The molecule has 2 N–H and O–H groups in total. The van der Waals surface area contributed by atoms with Crippen molar-refractivity contribution in [2.24, 2.45) is 0 Å². The third-order valence-electron chi connectivity index (χ3n) is 4.60. The zero-order valence-corrected chi connectivity index (χ0v) is 18.6. The van der Waals surface area contributed by atoms with E-state index in [1.165, 1.54) is 0 Å². The smallest absolute Gasteiger partial charge is 0.408 e. The second-order valence-electron chi connectivity index (χ2n) is 9.17. The Kier molecular flexibility index (Phi) is 7.24. The van der Waals surface area contributed by atoms with Gasteiger partial charge in [0, 0.05) is 0 Å². The summed E-state index contributed by atoms with van der Waals surface area (Å²) in [6.45, 7) is 15.3. The predicted octanol–water partition coefficient (Wildman–Crippen LogP) is 4.73. The summed E-state index contributed by atoms with van der Waals surface area (Å²) in [5.74, 6) is -1.12. The monoisotopic (exact) mass is 395 g/mol.